The third-order valence-corrected chi connectivity index (χ3v) is 2.23. The van der Waals surface area contributed by atoms with Gasteiger partial charge in [0.2, 0.25) is 0 Å². The molecule has 0 amide bonds. The van der Waals surface area contributed by atoms with Crippen molar-refractivity contribution >= 4 is 5.69 Å². The van der Waals surface area contributed by atoms with E-state index in [1.54, 1.807) is 12.1 Å². The van der Waals surface area contributed by atoms with E-state index in [4.69, 9.17) is 10.3 Å². The summed E-state index contributed by atoms with van der Waals surface area (Å²) in [5.41, 5.74) is 6.58. The summed E-state index contributed by atoms with van der Waals surface area (Å²) >= 11 is 0. The molecule has 0 radical (unpaired) electrons. The van der Waals surface area contributed by atoms with E-state index in [1.807, 2.05) is 13.8 Å². The maximum Gasteiger partial charge on any atom is 0.258 e. The first-order valence-electron chi connectivity index (χ1n) is 5.00. The zero-order valence-electron chi connectivity index (χ0n) is 9.14. The molecular weight excluding hydrogens is 206 g/mol. The summed E-state index contributed by atoms with van der Waals surface area (Å²) in [5.74, 6) is 1.33. The fourth-order valence-corrected chi connectivity index (χ4v) is 1.27. The second-order valence-corrected chi connectivity index (χ2v) is 3.89. The second kappa shape index (κ2) is 3.84. The Balaban J connectivity index is 2.39. The highest BCUT2D eigenvalue weighted by atomic mass is 16.5. The fraction of sp³-hybridized carbons (Fsp3) is 0.273. The number of aromatic hydroxyl groups is 1. The summed E-state index contributed by atoms with van der Waals surface area (Å²) in [6.45, 7) is 3.97. The number of nitrogens with two attached hydrogens (primary N) is 1. The molecule has 84 valence electrons. The van der Waals surface area contributed by atoms with Gasteiger partial charge in [0.05, 0.1) is 5.69 Å². The fourth-order valence-electron chi connectivity index (χ4n) is 1.27. The van der Waals surface area contributed by atoms with Crippen molar-refractivity contribution in [3.63, 3.8) is 0 Å². The van der Waals surface area contributed by atoms with Crippen molar-refractivity contribution in [3.05, 3.63) is 24.0 Å². The number of hydrogen-bond donors (Lipinski definition) is 2. The molecule has 0 spiro atoms. The summed E-state index contributed by atoms with van der Waals surface area (Å²) in [6, 6.07) is 4.79. The molecule has 1 aromatic carbocycles. The zero-order chi connectivity index (χ0) is 11.7. The second-order valence-electron chi connectivity index (χ2n) is 3.89. The van der Waals surface area contributed by atoms with Crippen LogP contribution in [0.25, 0.3) is 11.5 Å². The Morgan fingerprint density at radius 3 is 2.69 bits per heavy atom. The molecule has 0 aliphatic rings. The Kier molecular flexibility index (Phi) is 2.52. The van der Waals surface area contributed by atoms with Gasteiger partial charge < -0.3 is 15.4 Å². The zero-order valence-corrected chi connectivity index (χ0v) is 9.14. The number of nitrogen functional groups attached to an aromatic ring is 1. The van der Waals surface area contributed by atoms with Crippen molar-refractivity contribution in [2.24, 2.45) is 0 Å². The number of anilines is 1. The molecule has 1 aromatic heterocycles. The Hall–Kier alpha value is -2.04. The van der Waals surface area contributed by atoms with Gasteiger partial charge in [-0.05, 0) is 18.2 Å². The minimum absolute atomic E-state index is 0.0485. The summed E-state index contributed by atoms with van der Waals surface area (Å²) < 4.78 is 5.11. The number of rotatable bonds is 2. The Morgan fingerprint density at radius 2 is 2.12 bits per heavy atom. The van der Waals surface area contributed by atoms with E-state index < -0.39 is 0 Å². The maximum atomic E-state index is 9.29. The van der Waals surface area contributed by atoms with Gasteiger partial charge in [0.1, 0.15) is 5.75 Å². The van der Waals surface area contributed by atoms with Crippen LogP contribution >= 0.6 is 0 Å². The van der Waals surface area contributed by atoms with Crippen LogP contribution in [-0.4, -0.2) is 15.2 Å². The summed E-state index contributed by atoms with van der Waals surface area (Å²) in [5, 5.41) is 13.1. The van der Waals surface area contributed by atoms with Gasteiger partial charge >= 0.3 is 0 Å². The van der Waals surface area contributed by atoms with Gasteiger partial charge in [0.25, 0.3) is 5.89 Å². The number of nitrogens with zero attached hydrogens (tertiary/aromatic N) is 2. The van der Waals surface area contributed by atoms with Gasteiger partial charge in [-0.1, -0.05) is 19.0 Å². The SMILES string of the molecule is CC(C)c1noc(-c2ccc(O)c(N)c2)n1. The minimum Gasteiger partial charge on any atom is -0.506 e. The third-order valence-electron chi connectivity index (χ3n) is 2.23. The highest BCUT2D eigenvalue weighted by Gasteiger charge is 2.12. The van der Waals surface area contributed by atoms with E-state index >= 15 is 0 Å². The first-order valence-corrected chi connectivity index (χ1v) is 5.00. The first kappa shape index (κ1) is 10.5. The highest BCUT2D eigenvalue weighted by Crippen LogP contribution is 2.27. The normalized spacial score (nSPS) is 10.9. The molecule has 0 unspecified atom stereocenters. The van der Waals surface area contributed by atoms with Crippen LogP contribution < -0.4 is 5.73 Å². The molecule has 0 aliphatic carbocycles. The number of aromatic nitrogens is 2. The standard InChI is InChI=1S/C11H13N3O2/c1-6(2)10-13-11(16-14-10)7-3-4-9(15)8(12)5-7/h3-6,15H,12H2,1-2H3. The number of benzene rings is 1. The van der Waals surface area contributed by atoms with E-state index in [2.05, 4.69) is 10.1 Å². The van der Waals surface area contributed by atoms with Crippen LogP contribution in [0.1, 0.15) is 25.6 Å². The van der Waals surface area contributed by atoms with Crippen LogP contribution in [0.15, 0.2) is 22.7 Å². The molecule has 1 heterocycles. The van der Waals surface area contributed by atoms with Gasteiger partial charge in [0.15, 0.2) is 5.82 Å². The van der Waals surface area contributed by atoms with Crippen LogP contribution in [0, 0.1) is 0 Å². The largest absolute Gasteiger partial charge is 0.506 e. The lowest BCUT2D eigenvalue weighted by Gasteiger charge is -1.99. The average Bonchev–Trinajstić information content (AvgIpc) is 2.71. The molecule has 0 aliphatic heterocycles. The van der Waals surface area contributed by atoms with E-state index in [9.17, 15) is 5.11 Å². The lowest BCUT2D eigenvalue weighted by Crippen LogP contribution is -1.90. The molecule has 0 saturated carbocycles. The van der Waals surface area contributed by atoms with E-state index in [-0.39, 0.29) is 11.7 Å². The minimum atomic E-state index is 0.0485. The van der Waals surface area contributed by atoms with Crippen molar-refractivity contribution in [2.45, 2.75) is 19.8 Å². The number of hydrogen-bond acceptors (Lipinski definition) is 5. The lowest BCUT2D eigenvalue weighted by molar-refractivity contribution is 0.419. The van der Waals surface area contributed by atoms with Crippen LogP contribution in [0.2, 0.25) is 0 Å². The predicted molar refractivity (Wildman–Crippen MR) is 59.9 cm³/mol. The van der Waals surface area contributed by atoms with Gasteiger partial charge in [-0.25, -0.2) is 0 Å². The third kappa shape index (κ3) is 1.84. The molecule has 2 aromatic rings. The van der Waals surface area contributed by atoms with Crippen LogP contribution in [-0.2, 0) is 0 Å². The summed E-state index contributed by atoms with van der Waals surface area (Å²) in [4.78, 5) is 4.24. The van der Waals surface area contributed by atoms with Crippen molar-refractivity contribution in [2.75, 3.05) is 5.73 Å². The molecule has 5 heteroatoms. The van der Waals surface area contributed by atoms with Crippen LogP contribution in [0.4, 0.5) is 5.69 Å². The van der Waals surface area contributed by atoms with Gasteiger partial charge in [0, 0.05) is 11.5 Å². The molecule has 0 atom stereocenters. The molecule has 2 rings (SSSR count). The highest BCUT2D eigenvalue weighted by molar-refractivity contribution is 5.64. The van der Waals surface area contributed by atoms with Crippen molar-refractivity contribution in [1.82, 2.24) is 10.1 Å². The summed E-state index contributed by atoms with van der Waals surface area (Å²) in [7, 11) is 0. The van der Waals surface area contributed by atoms with Gasteiger partial charge in [-0.2, -0.15) is 4.98 Å². The predicted octanol–water partition coefficient (Wildman–Crippen LogP) is 2.15. The first-order chi connectivity index (χ1) is 7.58. The average molecular weight is 219 g/mol. The maximum absolute atomic E-state index is 9.29. The molecular formula is C11H13N3O2. The molecule has 0 saturated heterocycles. The van der Waals surface area contributed by atoms with Crippen molar-refractivity contribution < 1.29 is 9.63 Å². The summed E-state index contributed by atoms with van der Waals surface area (Å²) in [6.07, 6.45) is 0. The lowest BCUT2D eigenvalue weighted by atomic mass is 10.2. The molecule has 16 heavy (non-hydrogen) atoms. The van der Waals surface area contributed by atoms with Gasteiger partial charge in [-0.3, -0.25) is 0 Å². The quantitative estimate of drug-likeness (QED) is 0.597. The molecule has 3 N–H and O–H groups in total. The monoisotopic (exact) mass is 219 g/mol. The van der Waals surface area contributed by atoms with Crippen molar-refractivity contribution in [3.8, 4) is 17.2 Å². The van der Waals surface area contributed by atoms with E-state index in [0.717, 1.165) is 0 Å². The van der Waals surface area contributed by atoms with Crippen molar-refractivity contribution in [1.29, 1.82) is 0 Å². The van der Waals surface area contributed by atoms with Gasteiger partial charge in [-0.15, -0.1) is 0 Å². The Labute approximate surface area is 92.9 Å². The molecule has 0 bridgehead atoms. The number of phenols is 1. The Morgan fingerprint density at radius 1 is 1.38 bits per heavy atom. The molecule has 0 fully saturated rings. The van der Waals surface area contributed by atoms with Crippen LogP contribution in [0.5, 0.6) is 5.75 Å². The molecule has 5 nitrogen and oxygen atoms in total. The van der Waals surface area contributed by atoms with E-state index in [0.29, 0.717) is 23.0 Å². The van der Waals surface area contributed by atoms with Crippen LogP contribution in [0.3, 0.4) is 0 Å². The Bertz CT molecular complexity index is 506. The van der Waals surface area contributed by atoms with E-state index in [1.165, 1.54) is 6.07 Å². The smallest absolute Gasteiger partial charge is 0.258 e. The number of phenolic OH excluding ortho intramolecular Hbond substituents is 1. The topological polar surface area (TPSA) is 85.2 Å².